The van der Waals surface area contributed by atoms with Gasteiger partial charge in [0.2, 0.25) is 5.91 Å². The summed E-state index contributed by atoms with van der Waals surface area (Å²) >= 11 is 0. The van der Waals surface area contributed by atoms with Crippen molar-refractivity contribution in [3.8, 4) is 0 Å². The van der Waals surface area contributed by atoms with E-state index >= 15 is 0 Å². The van der Waals surface area contributed by atoms with Gasteiger partial charge in [0.05, 0.1) is 19.8 Å². The SMILES string of the molecule is CN1CCN(CCOCCOCC(=O)N(C)C)CC1. The zero-order chi connectivity index (χ0) is 14.1. The zero-order valence-corrected chi connectivity index (χ0v) is 12.4. The number of hydrogen-bond acceptors (Lipinski definition) is 5. The largest absolute Gasteiger partial charge is 0.378 e. The first kappa shape index (κ1) is 16.4. The fourth-order valence-electron chi connectivity index (χ4n) is 1.77. The molecule has 112 valence electrons. The van der Waals surface area contributed by atoms with E-state index in [1.54, 1.807) is 14.1 Å². The molecule has 6 nitrogen and oxygen atoms in total. The summed E-state index contributed by atoms with van der Waals surface area (Å²) < 4.78 is 10.7. The van der Waals surface area contributed by atoms with Crippen LogP contribution in [0.25, 0.3) is 0 Å². The molecule has 0 aromatic rings. The maximum atomic E-state index is 11.2. The number of carbonyl (C=O) groups excluding carboxylic acids is 1. The molecule has 1 saturated heterocycles. The Morgan fingerprint density at radius 3 is 2.32 bits per heavy atom. The molecule has 0 saturated carbocycles. The van der Waals surface area contributed by atoms with E-state index in [2.05, 4.69) is 16.8 Å². The van der Waals surface area contributed by atoms with E-state index in [9.17, 15) is 4.79 Å². The quantitative estimate of drug-likeness (QED) is 0.550. The molecule has 0 aliphatic carbocycles. The lowest BCUT2D eigenvalue weighted by molar-refractivity contribution is -0.134. The van der Waals surface area contributed by atoms with E-state index in [0.29, 0.717) is 13.2 Å². The monoisotopic (exact) mass is 273 g/mol. The van der Waals surface area contributed by atoms with E-state index in [4.69, 9.17) is 9.47 Å². The number of carbonyl (C=O) groups is 1. The van der Waals surface area contributed by atoms with E-state index in [1.807, 2.05) is 0 Å². The summed E-state index contributed by atoms with van der Waals surface area (Å²) in [4.78, 5) is 17.5. The van der Waals surface area contributed by atoms with Crippen molar-refractivity contribution in [1.29, 1.82) is 0 Å². The lowest BCUT2D eigenvalue weighted by atomic mass is 10.3. The van der Waals surface area contributed by atoms with Crippen LogP contribution < -0.4 is 0 Å². The van der Waals surface area contributed by atoms with Gasteiger partial charge in [-0.25, -0.2) is 0 Å². The molecule has 19 heavy (non-hydrogen) atoms. The third-order valence-corrected chi connectivity index (χ3v) is 3.24. The highest BCUT2D eigenvalue weighted by atomic mass is 16.5. The highest BCUT2D eigenvalue weighted by Gasteiger charge is 2.12. The van der Waals surface area contributed by atoms with Crippen LogP contribution in [0.4, 0.5) is 0 Å². The third kappa shape index (κ3) is 7.47. The first-order valence-electron chi connectivity index (χ1n) is 6.86. The van der Waals surface area contributed by atoms with Crippen LogP contribution in [0.5, 0.6) is 0 Å². The van der Waals surface area contributed by atoms with Crippen LogP contribution in [-0.4, -0.2) is 101 Å². The third-order valence-electron chi connectivity index (χ3n) is 3.24. The van der Waals surface area contributed by atoms with Crippen molar-refractivity contribution in [2.24, 2.45) is 0 Å². The molecule has 1 fully saturated rings. The average molecular weight is 273 g/mol. The molecule has 0 N–H and O–H groups in total. The summed E-state index contributed by atoms with van der Waals surface area (Å²) in [6.07, 6.45) is 0. The molecule has 0 radical (unpaired) electrons. The van der Waals surface area contributed by atoms with Crippen molar-refractivity contribution in [2.45, 2.75) is 0 Å². The topological polar surface area (TPSA) is 45.3 Å². The van der Waals surface area contributed by atoms with E-state index in [1.165, 1.54) is 4.90 Å². The van der Waals surface area contributed by atoms with Crippen LogP contribution in [0.1, 0.15) is 0 Å². The smallest absolute Gasteiger partial charge is 0.248 e. The van der Waals surface area contributed by atoms with Crippen molar-refractivity contribution < 1.29 is 14.3 Å². The van der Waals surface area contributed by atoms with Gasteiger partial charge < -0.3 is 19.3 Å². The second kappa shape index (κ2) is 9.25. The fraction of sp³-hybridized carbons (Fsp3) is 0.923. The van der Waals surface area contributed by atoms with Crippen molar-refractivity contribution in [1.82, 2.24) is 14.7 Å². The number of ether oxygens (including phenoxy) is 2. The molecular formula is C13H27N3O3. The van der Waals surface area contributed by atoms with Gasteiger partial charge in [-0.1, -0.05) is 0 Å². The molecular weight excluding hydrogens is 246 g/mol. The van der Waals surface area contributed by atoms with Crippen LogP contribution in [-0.2, 0) is 14.3 Å². The Kier molecular flexibility index (Phi) is 7.97. The summed E-state index contributed by atoms with van der Waals surface area (Å²) in [5.74, 6) is -0.0163. The Bertz CT molecular complexity index is 254. The Labute approximate surface area is 116 Å². The molecule has 1 aliphatic rings. The van der Waals surface area contributed by atoms with E-state index in [-0.39, 0.29) is 12.5 Å². The summed E-state index contributed by atoms with van der Waals surface area (Å²) in [6.45, 7) is 7.37. The first-order valence-corrected chi connectivity index (χ1v) is 6.86. The predicted octanol–water partition coefficient (Wildman–Crippen LogP) is -0.645. The molecule has 0 aromatic heterocycles. The number of piperazine rings is 1. The summed E-state index contributed by atoms with van der Waals surface area (Å²) in [5, 5.41) is 0. The summed E-state index contributed by atoms with van der Waals surface area (Å²) in [5.41, 5.74) is 0. The van der Waals surface area contributed by atoms with Gasteiger partial charge in [-0.15, -0.1) is 0 Å². The molecule has 1 rings (SSSR count). The van der Waals surface area contributed by atoms with Crippen LogP contribution >= 0.6 is 0 Å². The lowest BCUT2D eigenvalue weighted by Gasteiger charge is -2.32. The van der Waals surface area contributed by atoms with E-state index in [0.717, 1.165) is 39.3 Å². The number of hydrogen-bond donors (Lipinski definition) is 0. The number of rotatable bonds is 8. The maximum absolute atomic E-state index is 11.2. The van der Waals surface area contributed by atoms with E-state index < -0.39 is 0 Å². The van der Waals surface area contributed by atoms with Gasteiger partial charge in [0.15, 0.2) is 0 Å². The highest BCUT2D eigenvalue weighted by Crippen LogP contribution is 1.98. The molecule has 0 atom stereocenters. The van der Waals surface area contributed by atoms with Gasteiger partial charge in [-0.05, 0) is 7.05 Å². The Morgan fingerprint density at radius 1 is 1.05 bits per heavy atom. The van der Waals surface area contributed by atoms with Crippen LogP contribution in [0.3, 0.4) is 0 Å². The van der Waals surface area contributed by atoms with Crippen molar-refractivity contribution in [2.75, 3.05) is 80.3 Å². The zero-order valence-electron chi connectivity index (χ0n) is 12.4. The minimum absolute atomic E-state index is 0.0163. The van der Waals surface area contributed by atoms with Gasteiger partial charge in [-0.2, -0.15) is 0 Å². The molecule has 0 spiro atoms. The average Bonchev–Trinajstić information content (AvgIpc) is 2.39. The number of likely N-dealkylation sites (N-methyl/N-ethyl adjacent to an activating group) is 2. The highest BCUT2D eigenvalue weighted by molar-refractivity contribution is 5.76. The lowest BCUT2D eigenvalue weighted by Crippen LogP contribution is -2.45. The number of nitrogens with zero attached hydrogens (tertiary/aromatic N) is 3. The number of amides is 1. The second-order valence-corrected chi connectivity index (χ2v) is 5.10. The molecule has 1 amide bonds. The summed E-state index contributed by atoms with van der Waals surface area (Å²) in [6, 6.07) is 0. The molecule has 0 aromatic carbocycles. The molecule has 6 heteroatoms. The maximum Gasteiger partial charge on any atom is 0.248 e. The molecule has 1 heterocycles. The Balaban J connectivity index is 1.87. The second-order valence-electron chi connectivity index (χ2n) is 5.10. The Morgan fingerprint density at radius 2 is 1.68 bits per heavy atom. The van der Waals surface area contributed by atoms with Gasteiger partial charge in [0, 0.05) is 46.8 Å². The van der Waals surface area contributed by atoms with Gasteiger partial charge in [0.1, 0.15) is 6.61 Å². The van der Waals surface area contributed by atoms with Crippen LogP contribution in [0.2, 0.25) is 0 Å². The Hall–Kier alpha value is -0.690. The minimum Gasteiger partial charge on any atom is -0.378 e. The fourth-order valence-corrected chi connectivity index (χ4v) is 1.77. The normalized spacial score (nSPS) is 17.6. The van der Waals surface area contributed by atoms with Crippen LogP contribution in [0.15, 0.2) is 0 Å². The molecule has 1 aliphatic heterocycles. The predicted molar refractivity (Wildman–Crippen MR) is 74.3 cm³/mol. The van der Waals surface area contributed by atoms with Gasteiger partial charge in [-0.3, -0.25) is 9.69 Å². The minimum atomic E-state index is -0.0163. The first-order chi connectivity index (χ1) is 9.09. The standard InChI is InChI=1S/C13H27N3O3/c1-14(2)13(17)12-19-11-10-18-9-8-16-6-4-15(3)5-7-16/h4-12H2,1-3H3. The van der Waals surface area contributed by atoms with Crippen molar-refractivity contribution in [3.05, 3.63) is 0 Å². The molecule has 0 unspecified atom stereocenters. The van der Waals surface area contributed by atoms with Crippen molar-refractivity contribution in [3.63, 3.8) is 0 Å². The van der Waals surface area contributed by atoms with Crippen LogP contribution in [0, 0.1) is 0 Å². The van der Waals surface area contributed by atoms with Crippen molar-refractivity contribution >= 4 is 5.91 Å². The summed E-state index contributed by atoms with van der Waals surface area (Å²) in [7, 11) is 5.59. The van der Waals surface area contributed by atoms with Gasteiger partial charge >= 0.3 is 0 Å². The van der Waals surface area contributed by atoms with Gasteiger partial charge in [0.25, 0.3) is 0 Å². The molecule has 0 bridgehead atoms.